The van der Waals surface area contributed by atoms with Crippen LogP contribution >= 0.6 is 12.2 Å². The van der Waals surface area contributed by atoms with Gasteiger partial charge in [-0.1, -0.05) is 0 Å². The molecule has 0 spiro atoms. The molecular weight excluding hydrogens is 116 g/mol. The second-order valence-electron chi connectivity index (χ2n) is 0.875. The summed E-state index contributed by atoms with van der Waals surface area (Å²) < 4.78 is 7.91. The van der Waals surface area contributed by atoms with Gasteiger partial charge in [-0.2, -0.15) is 4.83 Å². The fourth-order valence-corrected chi connectivity index (χ4v) is 0.284. The van der Waals surface area contributed by atoms with Gasteiger partial charge in [0.15, 0.2) is 0 Å². The molecule has 7 heavy (non-hydrogen) atoms. The highest BCUT2D eigenvalue weighted by Gasteiger charge is 1.82. The third kappa shape index (κ3) is 5.74. The van der Waals surface area contributed by atoms with Crippen molar-refractivity contribution in [2.24, 2.45) is 0 Å². The summed E-state index contributed by atoms with van der Waals surface area (Å²) in [7, 11) is 0. The van der Waals surface area contributed by atoms with Gasteiger partial charge < -0.3 is 4.55 Å². The highest BCUT2D eigenvalue weighted by atomic mass is 32.2. The summed E-state index contributed by atoms with van der Waals surface area (Å²) in [5, 5.41) is 0. The van der Waals surface area contributed by atoms with Gasteiger partial charge in [-0.3, -0.25) is 10.2 Å². The Morgan fingerprint density at radius 1 is 1.86 bits per heavy atom. The molecule has 0 rings (SSSR count). The second-order valence-corrected chi connectivity index (χ2v) is 1.26. The highest BCUT2D eigenvalue weighted by molar-refractivity contribution is 7.91. The molecule has 4 nitrogen and oxygen atoms in total. The molecule has 0 heterocycles. The van der Waals surface area contributed by atoms with E-state index in [0.717, 1.165) is 0 Å². The minimum absolute atomic E-state index is 0.235. The van der Waals surface area contributed by atoms with Crippen LogP contribution in [-0.4, -0.2) is 10.5 Å². The van der Waals surface area contributed by atoms with Crippen LogP contribution in [0.5, 0.6) is 0 Å². The van der Waals surface area contributed by atoms with E-state index in [4.69, 9.17) is 4.55 Å². The van der Waals surface area contributed by atoms with E-state index in [1.54, 1.807) is 0 Å². The lowest BCUT2D eigenvalue weighted by molar-refractivity contribution is -0.119. The summed E-state index contributed by atoms with van der Waals surface area (Å²) in [5.74, 6) is -0.235. The van der Waals surface area contributed by atoms with Crippen LogP contribution in [0.4, 0.5) is 0 Å². The predicted molar refractivity (Wildman–Crippen MR) is 27.2 cm³/mol. The van der Waals surface area contributed by atoms with Gasteiger partial charge in [-0.05, 0) is 0 Å². The van der Waals surface area contributed by atoms with E-state index < -0.39 is 0 Å². The van der Waals surface area contributed by atoms with Crippen molar-refractivity contribution < 1.29 is 9.35 Å². The Hall–Kier alpha value is -0.260. The van der Waals surface area contributed by atoms with Gasteiger partial charge in [-0.25, -0.2) is 0 Å². The van der Waals surface area contributed by atoms with Gasteiger partial charge in [0.1, 0.15) is 0 Å². The average Bonchev–Trinajstić information content (AvgIpc) is 1.61. The summed E-state index contributed by atoms with van der Waals surface area (Å²) in [4.78, 5) is 12.0. The molecule has 0 bridgehead atoms. The Balaban J connectivity index is 2.82. The zero-order valence-corrected chi connectivity index (χ0v) is 4.58. The fourth-order valence-electron chi connectivity index (χ4n) is 0.0947. The van der Waals surface area contributed by atoms with E-state index in [2.05, 4.69) is 10.3 Å². The molecule has 0 aromatic heterocycles. The summed E-state index contributed by atoms with van der Waals surface area (Å²) >= 11 is 0.348. The van der Waals surface area contributed by atoms with Gasteiger partial charge >= 0.3 is 0 Å². The molecule has 42 valence electrons. The van der Waals surface area contributed by atoms with Crippen molar-refractivity contribution in [3.05, 3.63) is 0 Å². The van der Waals surface area contributed by atoms with E-state index >= 15 is 0 Å². The minimum atomic E-state index is -0.235. The molecule has 0 saturated carbocycles. The molecule has 1 amide bonds. The van der Waals surface area contributed by atoms with Crippen LogP contribution in [-0.2, 0) is 4.79 Å². The number of hydrogen-bond acceptors (Lipinski definition) is 4. The number of hydrogen-bond donors (Lipinski definition) is 3. The number of hydrazine groups is 1. The topological polar surface area (TPSA) is 61.4 Å². The summed E-state index contributed by atoms with van der Waals surface area (Å²) in [6.45, 7) is 1.34. The summed E-state index contributed by atoms with van der Waals surface area (Å²) in [6, 6.07) is 0. The molecule has 0 aliphatic rings. The van der Waals surface area contributed by atoms with Crippen molar-refractivity contribution in [1.82, 2.24) is 10.3 Å². The van der Waals surface area contributed by atoms with Crippen LogP contribution in [0.15, 0.2) is 0 Å². The monoisotopic (exact) mass is 122 g/mol. The summed E-state index contributed by atoms with van der Waals surface area (Å²) in [5.41, 5.74) is 2.12. The first-order valence-corrected chi connectivity index (χ1v) is 2.36. The van der Waals surface area contributed by atoms with E-state index in [-0.39, 0.29) is 5.91 Å². The van der Waals surface area contributed by atoms with Crippen molar-refractivity contribution in [1.29, 1.82) is 0 Å². The number of amides is 1. The van der Waals surface area contributed by atoms with Crippen molar-refractivity contribution in [3.8, 4) is 0 Å². The standard InChI is InChI=1S/C2H6N2O2S/c1-2(5)3-4-7-6/h4,6H,1H3,(H,3,5). The van der Waals surface area contributed by atoms with Crippen LogP contribution in [0.3, 0.4) is 0 Å². The number of carbonyl (C=O) groups is 1. The van der Waals surface area contributed by atoms with Crippen LogP contribution in [0.1, 0.15) is 6.92 Å². The SMILES string of the molecule is CC(=O)NNSO. The Kier molecular flexibility index (Phi) is 3.77. The van der Waals surface area contributed by atoms with Gasteiger partial charge in [-0.15, -0.1) is 0 Å². The Morgan fingerprint density at radius 2 is 2.43 bits per heavy atom. The van der Waals surface area contributed by atoms with Crippen LogP contribution in [0.25, 0.3) is 0 Å². The molecule has 0 aliphatic heterocycles. The number of nitrogens with one attached hydrogen (secondary N) is 2. The lowest BCUT2D eigenvalue weighted by atomic mass is 10.8. The lowest BCUT2D eigenvalue weighted by Gasteiger charge is -1.94. The van der Waals surface area contributed by atoms with E-state index in [0.29, 0.717) is 12.2 Å². The largest absolute Gasteiger partial charge is 0.316 e. The predicted octanol–water partition coefficient (Wildman–Crippen LogP) is -0.252. The third-order valence-corrected chi connectivity index (χ3v) is 0.466. The quantitative estimate of drug-likeness (QED) is 0.268. The van der Waals surface area contributed by atoms with Crippen LogP contribution in [0, 0.1) is 0 Å². The maximum atomic E-state index is 9.90. The van der Waals surface area contributed by atoms with Crippen molar-refractivity contribution in [3.63, 3.8) is 0 Å². The zero-order valence-electron chi connectivity index (χ0n) is 3.76. The highest BCUT2D eigenvalue weighted by Crippen LogP contribution is 1.72. The minimum Gasteiger partial charge on any atom is -0.316 e. The first kappa shape index (κ1) is 6.74. The molecule has 0 aliphatic carbocycles. The zero-order chi connectivity index (χ0) is 5.70. The van der Waals surface area contributed by atoms with E-state index in [1.165, 1.54) is 6.92 Å². The molecule has 0 aromatic rings. The normalized spacial score (nSPS) is 8.29. The maximum absolute atomic E-state index is 9.90. The Bertz CT molecular complexity index is 66.7. The molecule has 0 atom stereocenters. The smallest absolute Gasteiger partial charge is 0.231 e. The third-order valence-electron chi connectivity index (χ3n) is 0.273. The molecule has 0 fully saturated rings. The van der Waals surface area contributed by atoms with Gasteiger partial charge in [0, 0.05) is 6.92 Å². The van der Waals surface area contributed by atoms with E-state index in [9.17, 15) is 4.79 Å². The van der Waals surface area contributed by atoms with Crippen molar-refractivity contribution in [2.45, 2.75) is 6.92 Å². The maximum Gasteiger partial charge on any atom is 0.231 e. The molecule has 3 N–H and O–H groups in total. The van der Waals surface area contributed by atoms with Gasteiger partial charge in [0.25, 0.3) is 0 Å². The van der Waals surface area contributed by atoms with Crippen molar-refractivity contribution in [2.75, 3.05) is 0 Å². The molecular formula is C2H6N2O2S. The lowest BCUT2D eigenvalue weighted by Crippen LogP contribution is -2.29. The molecule has 0 aromatic carbocycles. The second kappa shape index (κ2) is 3.91. The van der Waals surface area contributed by atoms with Crippen LogP contribution < -0.4 is 10.3 Å². The Labute approximate surface area is 45.6 Å². The van der Waals surface area contributed by atoms with Crippen molar-refractivity contribution >= 4 is 18.1 Å². The molecule has 5 heteroatoms. The average molecular weight is 122 g/mol. The fraction of sp³-hybridized carbons (Fsp3) is 0.500. The first-order chi connectivity index (χ1) is 3.27. The number of rotatable bonds is 2. The van der Waals surface area contributed by atoms with Gasteiger partial charge in [0.05, 0.1) is 12.2 Å². The molecule has 0 saturated heterocycles. The Morgan fingerprint density at radius 3 is 2.57 bits per heavy atom. The molecule has 0 unspecified atom stereocenters. The van der Waals surface area contributed by atoms with E-state index in [1.807, 2.05) is 0 Å². The van der Waals surface area contributed by atoms with Gasteiger partial charge in [0.2, 0.25) is 5.91 Å². The number of carbonyl (C=O) groups excluding carboxylic acids is 1. The van der Waals surface area contributed by atoms with Crippen LogP contribution in [0.2, 0.25) is 0 Å². The first-order valence-electron chi connectivity index (χ1n) is 1.59. The molecule has 0 radical (unpaired) electrons. The summed E-state index contributed by atoms with van der Waals surface area (Å²) in [6.07, 6.45) is 0.